The van der Waals surface area contributed by atoms with Gasteiger partial charge in [-0.3, -0.25) is 24.4 Å². The number of H-pyrrole nitrogens is 2. The summed E-state index contributed by atoms with van der Waals surface area (Å²) in [6.45, 7) is 6.95. The standard InChI is InChI=1S/C58H53F6N13O2/c59-57(60,61)48-32-42(55(78)71-51-29-38(11-15-68-51)3-5-40-31-41-13-17-70-54(41)73-53(40)65)7-9-45(48)36-76-25-21-74(22-26-76)19-1-2-20-75-23-27-77(28-24-75)37-46-10-8-43(33-49(46)58(62,63)64)56(79)72-52-30-39(12-16-69-52)4-6-44-34-66-35-50-47(44)14-18-67-50/h7-18,29-35,67H,1-2,19-28,36-37H2,(H3,65,70,73)(H,68,71,78)(H,69,72,79). The van der Waals surface area contributed by atoms with Crippen LogP contribution in [0.5, 0.6) is 0 Å². The fraction of sp³-hybridized carbons (Fsp3) is 0.276. The fourth-order valence-electron chi connectivity index (χ4n) is 9.72. The first-order valence-corrected chi connectivity index (χ1v) is 25.6. The average Bonchev–Trinajstić information content (AvgIpc) is 4.16. The number of pyridine rings is 4. The van der Waals surface area contributed by atoms with Gasteiger partial charge in [-0.2, -0.15) is 26.3 Å². The van der Waals surface area contributed by atoms with Gasteiger partial charge in [0.1, 0.15) is 23.1 Å². The minimum atomic E-state index is -4.69. The first-order chi connectivity index (χ1) is 38.1. The van der Waals surface area contributed by atoms with Gasteiger partial charge >= 0.3 is 12.4 Å². The Morgan fingerprint density at radius 2 is 1.09 bits per heavy atom. The third-order valence-electron chi connectivity index (χ3n) is 14.0. The number of fused-ring (bicyclic) bond motifs is 2. The molecule has 6 N–H and O–H groups in total. The topological polar surface area (TPSA) is 180 Å². The number of amides is 2. The summed E-state index contributed by atoms with van der Waals surface area (Å²) in [7, 11) is 0. The Kier molecular flexibility index (Phi) is 16.0. The molecule has 404 valence electrons. The van der Waals surface area contributed by atoms with E-state index in [0.29, 0.717) is 80.3 Å². The van der Waals surface area contributed by atoms with E-state index in [1.807, 2.05) is 21.9 Å². The molecular formula is C58H53F6N13O2. The SMILES string of the molecule is Nc1nc2[nH]ccc2cc1C#Cc1ccnc(NC(=O)c2ccc(CN3CCN(CCCCN4CCN(Cc5ccc(C(=O)Nc6cc(C#Cc7cncc8[nH]ccc78)ccn6)cc5C(F)(F)F)CC4)CC3)c(C(F)(F)F)c2)c1. The zero-order valence-electron chi connectivity index (χ0n) is 42.6. The van der Waals surface area contributed by atoms with Gasteiger partial charge < -0.3 is 36.1 Å². The smallest absolute Gasteiger partial charge is 0.383 e. The molecular weight excluding hydrogens is 1020 g/mol. The number of carbonyl (C=O) groups excluding carboxylic acids is 2. The van der Waals surface area contributed by atoms with Crippen LogP contribution >= 0.6 is 0 Å². The molecule has 0 radical (unpaired) electrons. The molecule has 0 unspecified atom stereocenters. The van der Waals surface area contributed by atoms with Gasteiger partial charge in [-0.1, -0.05) is 35.8 Å². The van der Waals surface area contributed by atoms with Crippen LogP contribution in [0.4, 0.5) is 43.8 Å². The lowest BCUT2D eigenvalue weighted by molar-refractivity contribution is -0.139. The summed E-state index contributed by atoms with van der Waals surface area (Å²) in [4.78, 5) is 58.0. The van der Waals surface area contributed by atoms with Crippen molar-refractivity contribution in [1.82, 2.24) is 49.5 Å². The summed E-state index contributed by atoms with van der Waals surface area (Å²) < 4.78 is 86.8. The number of nitrogens with two attached hydrogens (primary N) is 1. The van der Waals surface area contributed by atoms with Gasteiger partial charge in [0.2, 0.25) is 0 Å². The van der Waals surface area contributed by atoms with Crippen molar-refractivity contribution in [2.45, 2.75) is 38.3 Å². The number of rotatable bonds is 13. The van der Waals surface area contributed by atoms with Crippen molar-refractivity contribution >= 4 is 51.2 Å². The van der Waals surface area contributed by atoms with Gasteiger partial charge in [0.25, 0.3) is 11.8 Å². The molecule has 10 rings (SSSR count). The molecule has 2 aliphatic rings. The van der Waals surface area contributed by atoms with E-state index in [2.05, 4.69) is 74.0 Å². The molecule has 15 nitrogen and oxygen atoms in total. The summed E-state index contributed by atoms with van der Waals surface area (Å²) in [5, 5.41) is 6.95. The number of halogens is 6. The summed E-state index contributed by atoms with van der Waals surface area (Å²) in [6, 6.07) is 19.2. The molecule has 2 saturated heterocycles. The second-order valence-corrected chi connectivity index (χ2v) is 19.4. The second-order valence-electron chi connectivity index (χ2n) is 19.4. The summed E-state index contributed by atoms with van der Waals surface area (Å²) in [5.41, 5.74) is 7.93. The van der Waals surface area contributed by atoms with Crippen molar-refractivity contribution in [3.63, 3.8) is 0 Å². The lowest BCUT2D eigenvalue weighted by Crippen LogP contribution is -2.47. The van der Waals surface area contributed by atoms with Crippen LogP contribution in [0.25, 0.3) is 21.9 Å². The van der Waals surface area contributed by atoms with Gasteiger partial charge in [0.05, 0.1) is 34.0 Å². The van der Waals surface area contributed by atoms with Crippen molar-refractivity contribution in [2.24, 2.45) is 0 Å². The molecule has 0 aliphatic carbocycles. The van der Waals surface area contributed by atoms with E-state index in [1.54, 1.807) is 49.1 Å². The molecule has 0 saturated carbocycles. The van der Waals surface area contributed by atoms with Crippen LogP contribution in [-0.4, -0.2) is 127 Å². The third kappa shape index (κ3) is 13.6. The van der Waals surface area contributed by atoms with Crippen LogP contribution in [0.2, 0.25) is 0 Å². The van der Waals surface area contributed by atoms with E-state index in [9.17, 15) is 35.9 Å². The van der Waals surface area contributed by atoms with Crippen LogP contribution in [0.3, 0.4) is 0 Å². The van der Waals surface area contributed by atoms with E-state index < -0.39 is 35.3 Å². The van der Waals surface area contributed by atoms with Crippen molar-refractivity contribution in [2.75, 3.05) is 81.8 Å². The molecule has 21 heteroatoms. The predicted octanol–water partition coefficient (Wildman–Crippen LogP) is 8.87. The monoisotopic (exact) mass is 1080 g/mol. The first-order valence-electron chi connectivity index (χ1n) is 25.6. The zero-order valence-corrected chi connectivity index (χ0v) is 42.6. The first kappa shape index (κ1) is 53.8. The maximum absolute atomic E-state index is 14.5. The maximum Gasteiger partial charge on any atom is 0.416 e. The molecule has 0 bridgehead atoms. The second kappa shape index (κ2) is 23.6. The van der Waals surface area contributed by atoms with E-state index in [4.69, 9.17) is 5.73 Å². The Labute approximate surface area is 450 Å². The van der Waals surface area contributed by atoms with Gasteiger partial charge in [-0.15, -0.1) is 0 Å². The molecule has 0 atom stereocenters. The Morgan fingerprint density at radius 3 is 1.62 bits per heavy atom. The van der Waals surface area contributed by atoms with Gasteiger partial charge in [0, 0.05) is 129 Å². The molecule has 79 heavy (non-hydrogen) atoms. The minimum absolute atomic E-state index is 0.0768. The quantitative estimate of drug-likeness (QED) is 0.0423. The number of anilines is 3. The Bertz CT molecular complexity index is 3650. The number of aromatic amines is 2. The number of nitrogens with zero attached hydrogens (tertiary/aromatic N) is 8. The highest BCUT2D eigenvalue weighted by molar-refractivity contribution is 6.04. The minimum Gasteiger partial charge on any atom is -0.383 e. The van der Waals surface area contributed by atoms with Crippen LogP contribution in [0, 0.1) is 23.7 Å². The Hall–Kier alpha value is -8.60. The number of hydrogen-bond donors (Lipinski definition) is 5. The highest BCUT2D eigenvalue weighted by atomic mass is 19.4. The summed E-state index contributed by atoms with van der Waals surface area (Å²) in [6.07, 6.45) is 2.25. The number of alkyl halides is 6. The fourth-order valence-corrected chi connectivity index (χ4v) is 9.72. The zero-order chi connectivity index (χ0) is 55.1. The van der Waals surface area contributed by atoms with Crippen LogP contribution in [0.1, 0.15) is 78.1 Å². The number of aromatic nitrogens is 6. The van der Waals surface area contributed by atoms with Crippen LogP contribution in [0.15, 0.2) is 116 Å². The molecule has 2 fully saturated rings. The van der Waals surface area contributed by atoms with Gasteiger partial charge in [0.15, 0.2) is 0 Å². The number of benzene rings is 2. The number of nitrogens with one attached hydrogen (secondary N) is 4. The van der Waals surface area contributed by atoms with E-state index >= 15 is 0 Å². The van der Waals surface area contributed by atoms with Gasteiger partial charge in [-0.25, -0.2) is 15.0 Å². The van der Waals surface area contributed by atoms with E-state index in [0.717, 1.165) is 54.4 Å². The number of nitrogen functional groups attached to an aromatic ring is 1. The molecule has 6 aromatic heterocycles. The Morgan fingerprint density at radius 1 is 0.582 bits per heavy atom. The molecule has 8 heterocycles. The van der Waals surface area contributed by atoms with Gasteiger partial charge in [-0.05, 0) is 104 Å². The average molecular weight is 1080 g/mol. The number of hydrogen-bond acceptors (Lipinski definition) is 11. The van der Waals surface area contributed by atoms with E-state index in [1.165, 1.54) is 42.7 Å². The van der Waals surface area contributed by atoms with E-state index in [-0.39, 0.29) is 52.8 Å². The molecule has 2 amide bonds. The maximum atomic E-state index is 14.5. The van der Waals surface area contributed by atoms with Crippen molar-refractivity contribution < 1.29 is 35.9 Å². The highest BCUT2D eigenvalue weighted by Crippen LogP contribution is 2.35. The predicted molar refractivity (Wildman–Crippen MR) is 288 cm³/mol. The largest absolute Gasteiger partial charge is 0.416 e. The number of piperazine rings is 2. The van der Waals surface area contributed by atoms with Crippen molar-refractivity contribution in [1.29, 1.82) is 0 Å². The normalized spacial score (nSPS) is 14.9. The molecule has 0 spiro atoms. The molecule has 2 aliphatic heterocycles. The summed E-state index contributed by atoms with van der Waals surface area (Å²) in [5.74, 6) is 11.1. The lowest BCUT2D eigenvalue weighted by Gasteiger charge is -2.36. The Balaban J connectivity index is 0.649. The molecule has 2 aromatic carbocycles. The van der Waals surface area contributed by atoms with Crippen molar-refractivity contribution in [3.8, 4) is 23.7 Å². The molecule has 8 aromatic rings. The number of carbonyl (C=O) groups is 2. The third-order valence-corrected chi connectivity index (χ3v) is 14.0. The van der Waals surface area contributed by atoms with Crippen LogP contribution in [-0.2, 0) is 25.4 Å². The van der Waals surface area contributed by atoms with Crippen molar-refractivity contribution in [3.05, 3.63) is 172 Å². The number of unbranched alkanes of at least 4 members (excludes halogenated alkanes) is 1. The lowest BCUT2D eigenvalue weighted by atomic mass is 10.0. The van der Waals surface area contributed by atoms with Crippen LogP contribution < -0.4 is 16.4 Å². The highest BCUT2D eigenvalue weighted by Gasteiger charge is 2.36. The summed E-state index contributed by atoms with van der Waals surface area (Å²) >= 11 is 0.